The number of hydrogen-bond donors (Lipinski definition) is 1. The van der Waals surface area contributed by atoms with E-state index in [1.165, 1.54) is 25.0 Å². The van der Waals surface area contributed by atoms with Gasteiger partial charge in [-0.25, -0.2) is 4.39 Å². The molecule has 1 fully saturated rings. The van der Waals surface area contributed by atoms with Crippen molar-refractivity contribution in [2.75, 3.05) is 19.6 Å². The molecule has 1 aliphatic rings. The van der Waals surface area contributed by atoms with E-state index in [9.17, 15) is 9.50 Å². The molecule has 0 bridgehead atoms. The molecule has 2 aromatic carbocycles. The van der Waals surface area contributed by atoms with Gasteiger partial charge in [-0.05, 0) is 55.6 Å². The fourth-order valence-corrected chi connectivity index (χ4v) is 3.83. The smallest absolute Gasteiger partial charge is 0.123 e. The van der Waals surface area contributed by atoms with Gasteiger partial charge in [0.15, 0.2) is 0 Å². The predicted octanol–water partition coefficient (Wildman–Crippen LogP) is 4.30. The van der Waals surface area contributed by atoms with Crippen LogP contribution in [0.4, 0.5) is 4.39 Å². The van der Waals surface area contributed by atoms with Crippen LogP contribution < -0.4 is 0 Å². The number of aliphatic hydroxyl groups is 1. The molecule has 0 amide bonds. The molecule has 1 aliphatic heterocycles. The molecule has 1 heterocycles. The van der Waals surface area contributed by atoms with Crippen molar-refractivity contribution in [1.82, 2.24) is 4.90 Å². The van der Waals surface area contributed by atoms with Crippen molar-refractivity contribution in [1.29, 1.82) is 0 Å². The molecule has 0 spiro atoms. The lowest BCUT2D eigenvalue weighted by molar-refractivity contribution is -0.00679. The zero-order valence-corrected chi connectivity index (χ0v) is 14.3. The number of nitrogens with zero attached hydrogens (tertiary/aromatic N) is 1. The molecule has 1 N–H and O–H groups in total. The van der Waals surface area contributed by atoms with E-state index in [4.69, 9.17) is 0 Å². The summed E-state index contributed by atoms with van der Waals surface area (Å²) in [7, 11) is 0. The minimum atomic E-state index is -1.00. The van der Waals surface area contributed by atoms with E-state index in [1.54, 1.807) is 12.1 Å². The Labute approximate surface area is 143 Å². The third kappa shape index (κ3) is 3.52. The predicted molar refractivity (Wildman–Crippen MR) is 95.4 cm³/mol. The van der Waals surface area contributed by atoms with Crippen LogP contribution in [0.1, 0.15) is 43.2 Å². The molecule has 0 aliphatic carbocycles. The van der Waals surface area contributed by atoms with Gasteiger partial charge in [-0.1, -0.05) is 49.4 Å². The van der Waals surface area contributed by atoms with Crippen molar-refractivity contribution < 1.29 is 9.50 Å². The Morgan fingerprint density at radius 2 is 1.67 bits per heavy atom. The lowest BCUT2D eigenvalue weighted by atomic mass is 9.75. The van der Waals surface area contributed by atoms with Crippen LogP contribution in [-0.4, -0.2) is 29.6 Å². The summed E-state index contributed by atoms with van der Waals surface area (Å²) >= 11 is 0. The summed E-state index contributed by atoms with van der Waals surface area (Å²) in [5.41, 5.74) is 0.926. The van der Waals surface area contributed by atoms with Crippen LogP contribution in [0.15, 0.2) is 54.6 Å². The minimum Gasteiger partial charge on any atom is -0.384 e. The van der Waals surface area contributed by atoms with Crippen molar-refractivity contribution in [2.24, 2.45) is 0 Å². The highest BCUT2D eigenvalue weighted by molar-refractivity contribution is 5.32. The molecule has 24 heavy (non-hydrogen) atoms. The fourth-order valence-electron chi connectivity index (χ4n) is 3.83. The molecular weight excluding hydrogens is 301 g/mol. The first-order chi connectivity index (χ1) is 11.6. The van der Waals surface area contributed by atoms with E-state index < -0.39 is 5.60 Å². The van der Waals surface area contributed by atoms with Crippen LogP contribution in [0.2, 0.25) is 0 Å². The standard InChI is InChI=1S/C21H26FNO/c1-2-21(24,18-10-12-19(22)13-11-18)20(16-23-14-6-7-15-23)17-8-4-3-5-9-17/h3-5,8-13,20,24H,2,6-7,14-16H2,1H3/t20-,21-/m1/s1. The van der Waals surface area contributed by atoms with Gasteiger partial charge in [-0.2, -0.15) is 0 Å². The second kappa shape index (κ2) is 7.45. The van der Waals surface area contributed by atoms with Gasteiger partial charge in [0.2, 0.25) is 0 Å². The zero-order valence-electron chi connectivity index (χ0n) is 14.3. The second-order valence-electron chi connectivity index (χ2n) is 6.76. The maximum absolute atomic E-state index is 13.3. The van der Waals surface area contributed by atoms with Crippen LogP contribution in [0.25, 0.3) is 0 Å². The molecule has 2 aromatic rings. The summed E-state index contributed by atoms with van der Waals surface area (Å²) in [6, 6.07) is 16.5. The molecule has 128 valence electrons. The van der Waals surface area contributed by atoms with Crippen molar-refractivity contribution >= 4 is 0 Å². The fraction of sp³-hybridized carbons (Fsp3) is 0.429. The molecule has 3 heteroatoms. The lowest BCUT2D eigenvalue weighted by Gasteiger charge is -2.38. The molecule has 0 radical (unpaired) electrons. The average molecular weight is 327 g/mol. The zero-order chi connectivity index (χ0) is 17.0. The summed E-state index contributed by atoms with van der Waals surface area (Å²) in [5, 5.41) is 11.6. The molecule has 0 saturated carbocycles. The molecule has 2 nitrogen and oxygen atoms in total. The van der Waals surface area contributed by atoms with Crippen LogP contribution >= 0.6 is 0 Å². The van der Waals surface area contributed by atoms with E-state index in [0.29, 0.717) is 6.42 Å². The Bertz CT molecular complexity index is 637. The highest BCUT2D eigenvalue weighted by Crippen LogP contribution is 2.40. The van der Waals surface area contributed by atoms with E-state index in [2.05, 4.69) is 17.0 Å². The van der Waals surface area contributed by atoms with E-state index >= 15 is 0 Å². The first-order valence-electron chi connectivity index (χ1n) is 8.89. The average Bonchev–Trinajstić information content (AvgIpc) is 3.14. The molecule has 3 rings (SSSR count). The summed E-state index contributed by atoms with van der Waals surface area (Å²) in [6.07, 6.45) is 3.04. The van der Waals surface area contributed by atoms with Gasteiger partial charge in [-0.15, -0.1) is 0 Å². The van der Waals surface area contributed by atoms with Crippen LogP contribution in [0, 0.1) is 5.82 Å². The van der Waals surface area contributed by atoms with Gasteiger partial charge in [0, 0.05) is 12.5 Å². The topological polar surface area (TPSA) is 23.5 Å². The Morgan fingerprint density at radius 1 is 1.04 bits per heavy atom. The third-order valence-electron chi connectivity index (χ3n) is 5.30. The van der Waals surface area contributed by atoms with Crippen LogP contribution in [0.5, 0.6) is 0 Å². The van der Waals surface area contributed by atoms with Gasteiger partial charge < -0.3 is 10.0 Å². The number of benzene rings is 2. The van der Waals surface area contributed by atoms with Crippen LogP contribution in [0.3, 0.4) is 0 Å². The maximum atomic E-state index is 13.3. The molecular formula is C21H26FNO. The number of halogens is 1. The molecule has 0 unspecified atom stereocenters. The largest absolute Gasteiger partial charge is 0.384 e. The van der Waals surface area contributed by atoms with Gasteiger partial charge in [0.05, 0.1) is 5.60 Å². The van der Waals surface area contributed by atoms with E-state index in [0.717, 1.165) is 30.8 Å². The minimum absolute atomic E-state index is 0.0349. The van der Waals surface area contributed by atoms with Gasteiger partial charge in [0.1, 0.15) is 5.82 Å². The Balaban J connectivity index is 1.98. The second-order valence-corrected chi connectivity index (χ2v) is 6.76. The monoisotopic (exact) mass is 327 g/mol. The highest BCUT2D eigenvalue weighted by atomic mass is 19.1. The number of rotatable bonds is 6. The SMILES string of the molecule is CC[C@@](O)(c1ccc(F)cc1)[C@H](CN1CCCC1)c1ccccc1. The van der Waals surface area contributed by atoms with Crippen molar-refractivity contribution in [3.63, 3.8) is 0 Å². The van der Waals surface area contributed by atoms with Crippen LogP contribution in [-0.2, 0) is 5.60 Å². The van der Waals surface area contributed by atoms with Gasteiger partial charge in [0.25, 0.3) is 0 Å². The lowest BCUT2D eigenvalue weighted by Crippen LogP contribution is -2.40. The Kier molecular flexibility index (Phi) is 5.32. The Morgan fingerprint density at radius 3 is 2.25 bits per heavy atom. The first kappa shape index (κ1) is 17.1. The highest BCUT2D eigenvalue weighted by Gasteiger charge is 2.39. The summed E-state index contributed by atoms with van der Waals surface area (Å²) in [4.78, 5) is 2.43. The van der Waals surface area contributed by atoms with Crippen molar-refractivity contribution in [3.05, 3.63) is 71.5 Å². The van der Waals surface area contributed by atoms with Gasteiger partial charge >= 0.3 is 0 Å². The maximum Gasteiger partial charge on any atom is 0.123 e. The quantitative estimate of drug-likeness (QED) is 0.855. The normalized spacial score (nSPS) is 19.1. The number of hydrogen-bond acceptors (Lipinski definition) is 2. The van der Waals surface area contributed by atoms with Crippen molar-refractivity contribution in [3.8, 4) is 0 Å². The first-order valence-corrected chi connectivity index (χ1v) is 8.89. The van der Waals surface area contributed by atoms with E-state index in [1.807, 2.05) is 25.1 Å². The summed E-state index contributed by atoms with van der Waals surface area (Å²) in [5.74, 6) is -0.305. The number of likely N-dealkylation sites (tertiary alicyclic amines) is 1. The molecule has 1 saturated heterocycles. The third-order valence-corrected chi connectivity index (χ3v) is 5.30. The summed E-state index contributed by atoms with van der Waals surface area (Å²) < 4.78 is 13.3. The van der Waals surface area contributed by atoms with Crippen molar-refractivity contribution in [2.45, 2.75) is 37.7 Å². The van der Waals surface area contributed by atoms with E-state index in [-0.39, 0.29) is 11.7 Å². The summed E-state index contributed by atoms with van der Waals surface area (Å²) in [6.45, 7) is 5.01. The Hall–Kier alpha value is -1.71. The van der Waals surface area contributed by atoms with Gasteiger partial charge in [-0.3, -0.25) is 0 Å². The molecule has 0 aromatic heterocycles. The molecule has 2 atom stereocenters.